The first-order chi connectivity index (χ1) is 35.4. The Bertz CT molecular complexity index is 1990. The van der Waals surface area contributed by atoms with E-state index < -0.39 is 16.1 Å². The van der Waals surface area contributed by atoms with Crippen molar-refractivity contribution < 1.29 is 9.05 Å². The van der Waals surface area contributed by atoms with Crippen molar-refractivity contribution in [3.8, 4) is 11.3 Å². The Morgan fingerprint density at radius 3 is 1.18 bits per heavy atom. The highest BCUT2D eigenvalue weighted by molar-refractivity contribution is 6.97. The molecular weight excluding hydrogens is 917 g/mol. The first kappa shape index (κ1) is 62.9. The summed E-state index contributed by atoms with van der Waals surface area (Å²) in [5.74, 6) is 0. The van der Waals surface area contributed by atoms with Gasteiger partial charge in [0.05, 0.1) is 42.1 Å². The van der Waals surface area contributed by atoms with Crippen LogP contribution >= 0.6 is 0 Å². The molecule has 0 radical (unpaired) electrons. The highest BCUT2D eigenvalue weighted by Gasteiger charge is 2.54. The minimum absolute atomic E-state index is 0.814. The molecule has 0 spiro atoms. The molecule has 0 unspecified atom stereocenters. The quantitative estimate of drug-likeness (QED) is 0.0116. The second kappa shape index (κ2) is 35.6. The zero-order chi connectivity index (χ0) is 52.6. The van der Waals surface area contributed by atoms with Gasteiger partial charge in [0.2, 0.25) is 11.2 Å². The van der Waals surface area contributed by atoms with Crippen molar-refractivity contribution in [1.82, 2.24) is 0 Å². The van der Waals surface area contributed by atoms with Gasteiger partial charge in [0, 0.05) is 28.4 Å². The predicted molar refractivity (Wildman–Crippen MR) is 334 cm³/mol. The number of rotatable bonds is 44. The van der Waals surface area contributed by atoms with Crippen LogP contribution in [0.3, 0.4) is 0 Å². The summed E-state index contributed by atoms with van der Waals surface area (Å²) in [5, 5.41) is 4.58. The Hall–Kier alpha value is -2.68. The van der Waals surface area contributed by atoms with Crippen LogP contribution in [0.2, 0.25) is 38.3 Å². The second-order valence-corrected chi connectivity index (χ2v) is 35.5. The third-order valence-electron chi connectivity index (χ3n) is 17.8. The van der Waals surface area contributed by atoms with E-state index in [9.17, 15) is 0 Å². The number of nitrogen functional groups attached to an aromatic ring is 2. The molecule has 4 N–H and O–H groups in total. The van der Waals surface area contributed by atoms with E-state index in [4.69, 9.17) is 11.5 Å². The number of fused-ring (bicyclic) bond motifs is 3. The number of hydrogen-bond donors (Lipinski definition) is 2. The van der Waals surface area contributed by atoms with Crippen LogP contribution in [-0.4, -0.2) is 45.6 Å². The van der Waals surface area contributed by atoms with Crippen molar-refractivity contribution in [1.29, 1.82) is 0 Å². The maximum atomic E-state index is 6.63. The minimum atomic E-state index is -1.65. The van der Waals surface area contributed by atoms with E-state index in [0.717, 1.165) is 29.6 Å². The Kier molecular flexibility index (Phi) is 30.7. The maximum Gasteiger partial charge on any atom is 0.220 e. The zero-order valence-corrected chi connectivity index (χ0v) is 51.6. The van der Waals surface area contributed by atoms with Crippen molar-refractivity contribution in [2.24, 2.45) is 0 Å². The fourth-order valence-electron chi connectivity index (χ4n) is 14.0. The molecule has 4 aromatic rings. The molecule has 0 fully saturated rings. The molecule has 1 heterocycles. The topological polar surface area (TPSA) is 55.9 Å². The van der Waals surface area contributed by atoms with E-state index in [1.54, 1.807) is 0 Å². The van der Waals surface area contributed by atoms with Crippen LogP contribution in [0.5, 0.6) is 0 Å². The summed E-state index contributed by atoms with van der Waals surface area (Å²) < 4.78 is 3.92. The van der Waals surface area contributed by atoms with Crippen LogP contribution in [0.15, 0.2) is 66.7 Å². The molecule has 0 aliphatic carbocycles. The van der Waals surface area contributed by atoms with Crippen LogP contribution in [0.4, 0.5) is 11.4 Å². The average molecular weight is 1040 g/mol. The van der Waals surface area contributed by atoms with Gasteiger partial charge in [-0.2, -0.15) is 4.57 Å². The van der Waals surface area contributed by atoms with E-state index in [1.165, 1.54) is 275 Å². The number of nitrogens with two attached hydrogens (primary N) is 2. The molecule has 0 bridgehead atoms. The summed E-state index contributed by atoms with van der Waals surface area (Å²) in [5.41, 5.74) is 18.6. The van der Waals surface area contributed by atoms with Crippen molar-refractivity contribution >= 4 is 49.2 Å². The predicted octanol–water partition coefficient (Wildman–Crippen LogP) is 20.7. The second-order valence-electron chi connectivity index (χ2n) is 24.9. The summed E-state index contributed by atoms with van der Waals surface area (Å²) in [6, 6.07) is 27.1. The monoisotopic (exact) mass is 1030 g/mol. The molecule has 4 rings (SSSR count). The molecule has 0 saturated carbocycles. The number of anilines is 2. The van der Waals surface area contributed by atoms with Crippen molar-refractivity contribution in [2.45, 2.75) is 290 Å². The smallest absolute Gasteiger partial charge is 0.220 e. The Morgan fingerprint density at radius 1 is 0.411 bits per heavy atom. The van der Waals surface area contributed by atoms with Gasteiger partial charge in [-0.25, -0.2) is 0 Å². The van der Waals surface area contributed by atoms with Gasteiger partial charge in [0.15, 0.2) is 6.54 Å². The van der Waals surface area contributed by atoms with Crippen molar-refractivity contribution in [3.05, 3.63) is 66.7 Å². The largest absolute Gasteiger partial charge is 0.399 e. The highest BCUT2D eigenvalue weighted by Crippen LogP contribution is 2.39. The summed E-state index contributed by atoms with van der Waals surface area (Å²) in [7, 11) is -3.31. The van der Waals surface area contributed by atoms with E-state index in [2.05, 4.69) is 125 Å². The van der Waals surface area contributed by atoms with Gasteiger partial charge in [-0.15, -0.1) is 0 Å². The highest BCUT2D eigenvalue weighted by atomic mass is 28.4. The fourth-order valence-corrected chi connectivity index (χ4v) is 30.2. The van der Waals surface area contributed by atoms with Gasteiger partial charge in [-0.3, -0.25) is 0 Å². The summed E-state index contributed by atoms with van der Waals surface area (Å²) in [6.45, 7) is 25.9. The molecule has 0 atom stereocenters. The lowest BCUT2D eigenvalue weighted by atomic mass is 9.98. The average Bonchev–Trinajstić information content (AvgIpc) is 3.38. The van der Waals surface area contributed by atoms with Gasteiger partial charge in [-0.1, -0.05) is 282 Å². The number of quaternary nitrogens is 1. The van der Waals surface area contributed by atoms with E-state index in [0.29, 0.717) is 0 Å². The molecule has 1 aromatic heterocycles. The maximum absolute atomic E-state index is 6.63. The van der Waals surface area contributed by atoms with Gasteiger partial charge < -0.3 is 16.0 Å². The molecule has 0 aliphatic heterocycles. The Balaban J connectivity index is 1.42. The van der Waals surface area contributed by atoms with E-state index in [1.807, 2.05) is 0 Å². The van der Waals surface area contributed by atoms with E-state index >= 15 is 0 Å². The molecule has 6 heteroatoms. The van der Waals surface area contributed by atoms with Gasteiger partial charge in [-0.05, 0) is 50.2 Å². The third-order valence-corrected chi connectivity index (χ3v) is 29.9. The van der Waals surface area contributed by atoms with Crippen LogP contribution in [0.25, 0.3) is 32.9 Å². The summed E-state index contributed by atoms with van der Waals surface area (Å²) in [4.78, 5) is 0. The number of aromatic nitrogens is 1. The van der Waals surface area contributed by atoms with Gasteiger partial charge >= 0.3 is 0 Å². The molecule has 0 aliphatic rings. The zero-order valence-electron chi connectivity index (χ0n) is 49.6. The number of nitrogens with zero attached hydrogens (tertiary/aromatic N) is 2. The van der Waals surface area contributed by atoms with Crippen LogP contribution in [0.1, 0.15) is 240 Å². The lowest BCUT2D eigenvalue weighted by Crippen LogP contribution is -2.74. The molecule has 3 aromatic carbocycles. The number of hydrogen-bond acceptors (Lipinski definition) is 2. The van der Waals surface area contributed by atoms with Crippen LogP contribution in [-0.2, 0) is 6.54 Å². The Morgan fingerprint density at radius 2 is 0.781 bits per heavy atom. The molecule has 4 nitrogen and oxygen atoms in total. The third kappa shape index (κ3) is 21.7. The lowest BCUT2D eigenvalue weighted by Gasteiger charge is -2.55. The molecule has 412 valence electrons. The molecular formula is C67H118N4Si2+2. The molecule has 0 saturated heterocycles. The number of pyridine rings is 1. The van der Waals surface area contributed by atoms with Crippen molar-refractivity contribution in [2.75, 3.05) is 31.1 Å². The van der Waals surface area contributed by atoms with E-state index in [-0.39, 0.29) is 0 Å². The number of unbranched alkanes of at least 4 members (excludes halogenated alkanes) is 30. The molecule has 73 heavy (non-hydrogen) atoms. The van der Waals surface area contributed by atoms with Gasteiger partial charge in [0.25, 0.3) is 0 Å². The SMILES string of the molecule is CCCCCCCCCCCCCCCCCC[Si](C)(C)C([N+](CC)(CC)CCC[n+]1c(-c2ccccc2)c2cc(N)ccc2c2ccc(N)cc21)[Si](C)(C)CCCCCCCCCCCCCCCCCC. The lowest BCUT2D eigenvalue weighted by molar-refractivity contribution is -0.929. The first-order valence-corrected chi connectivity index (χ1v) is 38.4. The molecule has 0 amide bonds. The fraction of sp³-hybridized carbons (Fsp3) is 0.716. The van der Waals surface area contributed by atoms with Crippen molar-refractivity contribution in [3.63, 3.8) is 0 Å². The minimum Gasteiger partial charge on any atom is -0.399 e. The van der Waals surface area contributed by atoms with Crippen LogP contribution < -0.4 is 16.0 Å². The number of aryl methyl sites for hydroxylation is 1. The van der Waals surface area contributed by atoms with Crippen LogP contribution in [0, 0.1) is 0 Å². The summed E-state index contributed by atoms with van der Waals surface area (Å²) in [6.07, 6.45) is 47.3. The first-order valence-electron chi connectivity index (χ1n) is 31.8. The summed E-state index contributed by atoms with van der Waals surface area (Å²) >= 11 is 0. The standard InChI is InChI=1S/C67H117N4Si2/c1-9-13-15-17-19-21-23-25-27-29-31-33-35-37-39-44-55-72(5,6)67(73(7,8)56-45-40-38-36-34-32-30-28-26-24-22-20-18-16-14-10-2)71(11-3,12-4)54-46-53-70-65-58-61(69)50-52-63(65)62-51-49-60(68)57-64(62)66(70)59-47-42-41-43-48-59/h41-43,47-52,57-58,67,69H,9-40,44-46,53-56,68H2,1-8H3/q+1/p+1. The normalized spacial score (nSPS) is 12.6. The Labute approximate surface area is 454 Å². The van der Waals surface area contributed by atoms with Gasteiger partial charge in [0.1, 0.15) is 16.1 Å². The number of benzene rings is 3.